The summed E-state index contributed by atoms with van der Waals surface area (Å²) in [5.41, 5.74) is 2.19. The molecule has 0 heterocycles. The smallest absolute Gasteiger partial charge is 0.273 e. The van der Waals surface area contributed by atoms with E-state index >= 15 is 0 Å². The Hall–Kier alpha value is -2.78. The fraction of sp³-hybridized carbons (Fsp3) is 0.0714. The zero-order chi connectivity index (χ0) is 17.0. The normalized spacial score (nSPS) is 11.0. The lowest BCUT2D eigenvalue weighted by Gasteiger charge is -2.09. The Bertz CT molecular complexity index is 847. The van der Waals surface area contributed by atoms with Crippen molar-refractivity contribution < 1.29 is 18.1 Å². The summed E-state index contributed by atoms with van der Waals surface area (Å²) in [6.07, 6.45) is 0. The quantitative estimate of drug-likeness (QED) is 0.634. The van der Waals surface area contributed by atoms with Crippen LogP contribution < -0.4 is 10.3 Å². The Kier molecular flexibility index (Phi) is 4.72. The predicted molar refractivity (Wildman–Crippen MR) is 82.1 cm³/mol. The molecule has 0 aliphatic rings. The second kappa shape index (κ2) is 6.55. The standard InChI is InChI=1S/C14H13N3O5S/c1-10-6-8-11(9-7-10)23(21,22)16-15-14(18)12-4-2-3-5-13(12)17(19)20/h2-9,16H,1H3,(H,15,18). The van der Waals surface area contributed by atoms with Crippen LogP contribution >= 0.6 is 0 Å². The van der Waals surface area contributed by atoms with Crippen LogP contribution in [0.4, 0.5) is 5.69 Å². The second-order valence-corrected chi connectivity index (χ2v) is 6.33. The summed E-state index contributed by atoms with van der Waals surface area (Å²) >= 11 is 0. The van der Waals surface area contributed by atoms with Crippen molar-refractivity contribution in [2.75, 3.05) is 0 Å². The average Bonchev–Trinajstić information content (AvgIpc) is 2.53. The van der Waals surface area contributed by atoms with E-state index in [9.17, 15) is 23.3 Å². The lowest BCUT2D eigenvalue weighted by Crippen LogP contribution is -2.41. The number of carbonyl (C=O) groups is 1. The Morgan fingerprint density at radius 3 is 2.30 bits per heavy atom. The van der Waals surface area contributed by atoms with Crippen LogP contribution in [-0.2, 0) is 10.0 Å². The van der Waals surface area contributed by atoms with Crippen molar-refractivity contribution in [3.8, 4) is 0 Å². The zero-order valence-corrected chi connectivity index (χ0v) is 12.8. The van der Waals surface area contributed by atoms with E-state index < -0.39 is 26.5 Å². The van der Waals surface area contributed by atoms with Crippen LogP contribution in [0.1, 0.15) is 15.9 Å². The molecule has 120 valence electrons. The van der Waals surface area contributed by atoms with E-state index in [1.165, 1.54) is 30.3 Å². The summed E-state index contributed by atoms with van der Waals surface area (Å²) in [4.78, 5) is 24.0. The highest BCUT2D eigenvalue weighted by molar-refractivity contribution is 7.89. The van der Waals surface area contributed by atoms with E-state index in [-0.39, 0.29) is 10.5 Å². The van der Waals surface area contributed by atoms with Gasteiger partial charge in [-0.2, -0.15) is 0 Å². The lowest BCUT2D eigenvalue weighted by atomic mass is 10.2. The van der Waals surface area contributed by atoms with E-state index in [1.807, 2.05) is 10.3 Å². The second-order valence-electron chi connectivity index (χ2n) is 4.65. The largest absolute Gasteiger partial charge is 0.282 e. The summed E-state index contributed by atoms with van der Waals surface area (Å²) in [6, 6.07) is 11.2. The van der Waals surface area contributed by atoms with Gasteiger partial charge >= 0.3 is 0 Å². The maximum absolute atomic E-state index is 12.0. The number of nitrogens with zero attached hydrogens (tertiary/aromatic N) is 1. The molecule has 2 aromatic rings. The molecule has 0 spiro atoms. The highest BCUT2D eigenvalue weighted by Gasteiger charge is 2.21. The molecule has 0 aromatic heterocycles. The number of hydrazine groups is 1. The van der Waals surface area contributed by atoms with Gasteiger partial charge in [-0.05, 0) is 25.1 Å². The van der Waals surface area contributed by atoms with Crippen molar-refractivity contribution in [2.45, 2.75) is 11.8 Å². The van der Waals surface area contributed by atoms with Crippen LogP contribution in [0, 0.1) is 17.0 Å². The molecule has 0 aliphatic carbocycles. The first kappa shape index (κ1) is 16.6. The molecule has 0 unspecified atom stereocenters. The van der Waals surface area contributed by atoms with E-state index in [4.69, 9.17) is 0 Å². The van der Waals surface area contributed by atoms with Gasteiger partial charge in [0.25, 0.3) is 21.6 Å². The summed E-state index contributed by atoms with van der Waals surface area (Å²) < 4.78 is 24.1. The molecule has 0 saturated heterocycles. The van der Waals surface area contributed by atoms with Gasteiger partial charge in [0.05, 0.1) is 9.82 Å². The molecular formula is C14H13N3O5S. The number of amides is 1. The van der Waals surface area contributed by atoms with Gasteiger partial charge in [-0.1, -0.05) is 29.8 Å². The molecule has 8 nitrogen and oxygen atoms in total. The topological polar surface area (TPSA) is 118 Å². The number of nitro benzene ring substituents is 1. The minimum Gasteiger partial charge on any atom is -0.273 e. The number of rotatable bonds is 5. The molecule has 0 radical (unpaired) electrons. The molecule has 2 N–H and O–H groups in total. The van der Waals surface area contributed by atoms with Gasteiger partial charge < -0.3 is 0 Å². The molecule has 23 heavy (non-hydrogen) atoms. The molecule has 0 atom stereocenters. The average molecular weight is 335 g/mol. The van der Waals surface area contributed by atoms with Gasteiger partial charge in [0, 0.05) is 6.07 Å². The zero-order valence-electron chi connectivity index (χ0n) is 12.0. The first-order valence-electron chi connectivity index (χ1n) is 6.43. The van der Waals surface area contributed by atoms with Gasteiger partial charge in [0.15, 0.2) is 0 Å². The molecule has 2 aromatic carbocycles. The van der Waals surface area contributed by atoms with Gasteiger partial charge in [-0.3, -0.25) is 20.3 Å². The number of nitro groups is 1. The third-order valence-corrected chi connectivity index (χ3v) is 4.24. The Morgan fingerprint density at radius 2 is 1.70 bits per heavy atom. The molecular weight excluding hydrogens is 322 g/mol. The molecule has 1 amide bonds. The van der Waals surface area contributed by atoms with Crippen molar-refractivity contribution >= 4 is 21.6 Å². The van der Waals surface area contributed by atoms with E-state index in [0.717, 1.165) is 11.6 Å². The highest BCUT2D eigenvalue weighted by atomic mass is 32.2. The first-order valence-corrected chi connectivity index (χ1v) is 7.92. The maximum Gasteiger partial charge on any atom is 0.282 e. The Balaban J connectivity index is 2.16. The van der Waals surface area contributed by atoms with Crippen LogP contribution in [0.3, 0.4) is 0 Å². The number of carbonyl (C=O) groups excluding carboxylic acids is 1. The number of para-hydroxylation sites is 1. The summed E-state index contributed by atoms with van der Waals surface area (Å²) in [5.74, 6) is -0.923. The summed E-state index contributed by atoms with van der Waals surface area (Å²) in [7, 11) is -3.97. The third kappa shape index (κ3) is 3.90. The minimum absolute atomic E-state index is 0.0361. The fourth-order valence-electron chi connectivity index (χ4n) is 1.78. The summed E-state index contributed by atoms with van der Waals surface area (Å²) in [6.45, 7) is 1.81. The van der Waals surface area contributed by atoms with Gasteiger partial charge in [-0.15, -0.1) is 4.83 Å². The van der Waals surface area contributed by atoms with Crippen molar-refractivity contribution in [1.29, 1.82) is 0 Å². The molecule has 0 aliphatic heterocycles. The van der Waals surface area contributed by atoms with Crippen LogP contribution in [0.5, 0.6) is 0 Å². The predicted octanol–water partition coefficient (Wildman–Crippen LogP) is 1.53. The number of benzene rings is 2. The van der Waals surface area contributed by atoms with E-state index in [1.54, 1.807) is 19.1 Å². The molecule has 0 bridgehead atoms. The Morgan fingerprint density at radius 1 is 1.09 bits per heavy atom. The van der Waals surface area contributed by atoms with Gasteiger partial charge in [0.1, 0.15) is 5.56 Å². The fourth-order valence-corrected chi connectivity index (χ4v) is 2.62. The Labute approximate surface area is 132 Å². The minimum atomic E-state index is -3.97. The van der Waals surface area contributed by atoms with E-state index in [2.05, 4.69) is 0 Å². The molecule has 9 heteroatoms. The van der Waals surface area contributed by atoms with Crippen LogP contribution in [0.2, 0.25) is 0 Å². The molecule has 2 rings (SSSR count). The molecule has 0 saturated carbocycles. The van der Waals surface area contributed by atoms with Crippen molar-refractivity contribution in [3.63, 3.8) is 0 Å². The van der Waals surface area contributed by atoms with E-state index in [0.29, 0.717) is 0 Å². The summed E-state index contributed by atoms with van der Waals surface area (Å²) in [5, 5.41) is 10.9. The lowest BCUT2D eigenvalue weighted by molar-refractivity contribution is -0.385. The number of nitrogens with one attached hydrogen (secondary N) is 2. The van der Waals surface area contributed by atoms with Crippen molar-refractivity contribution in [1.82, 2.24) is 10.3 Å². The molecule has 0 fully saturated rings. The maximum atomic E-state index is 12.0. The number of aryl methyl sites for hydroxylation is 1. The van der Waals surface area contributed by atoms with Crippen LogP contribution in [0.25, 0.3) is 0 Å². The highest BCUT2D eigenvalue weighted by Crippen LogP contribution is 2.17. The monoisotopic (exact) mass is 335 g/mol. The van der Waals surface area contributed by atoms with Crippen LogP contribution in [0.15, 0.2) is 53.4 Å². The number of hydrogen-bond acceptors (Lipinski definition) is 5. The van der Waals surface area contributed by atoms with Gasteiger partial charge in [0.2, 0.25) is 0 Å². The SMILES string of the molecule is Cc1ccc(S(=O)(=O)NNC(=O)c2ccccc2[N+](=O)[O-])cc1. The number of sulfonamides is 1. The van der Waals surface area contributed by atoms with Crippen molar-refractivity contribution in [3.05, 3.63) is 69.8 Å². The van der Waals surface area contributed by atoms with Crippen LogP contribution in [-0.4, -0.2) is 19.2 Å². The van der Waals surface area contributed by atoms with Gasteiger partial charge in [-0.25, -0.2) is 8.42 Å². The number of hydrogen-bond donors (Lipinski definition) is 2. The van der Waals surface area contributed by atoms with Crippen molar-refractivity contribution in [2.24, 2.45) is 0 Å². The third-order valence-electron chi connectivity index (χ3n) is 2.98. The first-order chi connectivity index (χ1) is 10.8.